The van der Waals surface area contributed by atoms with Crippen LogP contribution < -0.4 is 10.0 Å². The van der Waals surface area contributed by atoms with E-state index in [0.29, 0.717) is 18.5 Å². The Hall–Kier alpha value is -0.170. The number of hydrogen-bond acceptors (Lipinski definition) is 3. The van der Waals surface area contributed by atoms with Gasteiger partial charge in [0.1, 0.15) is 0 Å². The van der Waals surface area contributed by atoms with E-state index in [1.807, 2.05) is 0 Å². The Morgan fingerprint density at radius 3 is 2.53 bits per heavy atom. The highest BCUT2D eigenvalue weighted by Gasteiger charge is 2.37. The van der Waals surface area contributed by atoms with Crippen LogP contribution >= 0.6 is 0 Å². The molecule has 0 spiro atoms. The van der Waals surface area contributed by atoms with Crippen molar-refractivity contribution in [2.75, 3.05) is 20.1 Å². The molecule has 0 bridgehead atoms. The normalized spacial score (nSPS) is 28.6. The third kappa shape index (κ3) is 4.21. The van der Waals surface area contributed by atoms with E-state index in [1.54, 1.807) is 7.05 Å². The second-order valence-electron chi connectivity index (χ2n) is 5.35. The predicted molar refractivity (Wildman–Crippen MR) is 67.9 cm³/mol. The number of rotatable bonds is 8. The molecule has 0 radical (unpaired) electrons. The van der Waals surface area contributed by atoms with Crippen molar-refractivity contribution in [2.45, 2.75) is 44.7 Å². The molecule has 0 amide bonds. The Bertz CT molecular complexity index is 354. The molecule has 2 rings (SSSR count). The number of nitrogens with one attached hydrogen (secondary N) is 2. The summed E-state index contributed by atoms with van der Waals surface area (Å²) in [4.78, 5) is 0. The monoisotopic (exact) mass is 261 g/mol. The summed E-state index contributed by atoms with van der Waals surface area (Å²) in [6.45, 7) is 3.55. The van der Waals surface area contributed by atoms with E-state index in [-0.39, 0.29) is 6.04 Å². The molecule has 17 heavy (non-hydrogen) atoms. The SMILES string of the molecule is CC1CC1NS(=O)(=O)N(C)CCCNC1CC1. The standard InChI is InChI=1S/C11H23N3O2S/c1-9-8-11(9)13-17(15,16)14(2)7-3-6-12-10-4-5-10/h9-13H,3-8H2,1-2H3. The van der Waals surface area contributed by atoms with Gasteiger partial charge in [-0.25, -0.2) is 0 Å². The third-order valence-electron chi connectivity index (χ3n) is 3.48. The summed E-state index contributed by atoms with van der Waals surface area (Å²) in [6, 6.07) is 0.856. The summed E-state index contributed by atoms with van der Waals surface area (Å²) in [7, 11) is -1.61. The van der Waals surface area contributed by atoms with Gasteiger partial charge in [0.05, 0.1) is 0 Å². The Morgan fingerprint density at radius 1 is 1.35 bits per heavy atom. The van der Waals surface area contributed by atoms with Crippen LogP contribution in [0.15, 0.2) is 0 Å². The lowest BCUT2D eigenvalue weighted by Gasteiger charge is -2.17. The van der Waals surface area contributed by atoms with E-state index in [0.717, 1.165) is 19.4 Å². The summed E-state index contributed by atoms with van der Waals surface area (Å²) >= 11 is 0. The summed E-state index contributed by atoms with van der Waals surface area (Å²) in [5.41, 5.74) is 0. The van der Waals surface area contributed by atoms with Crippen molar-refractivity contribution in [3.05, 3.63) is 0 Å². The molecule has 2 unspecified atom stereocenters. The number of hydrogen-bond donors (Lipinski definition) is 2. The largest absolute Gasteiger partial charge is 0.314 e. The molecule has 2 N–H and O–H groups in total. The molecule has 0 aromatic carbocycles. The van der Waals surface area contributed by atoms with E-state index in [2.05, 4.69) is 17.0 Å². The van der Waals surface area contributed by atoms with Gasteiger partial charge in [-0.15, -0.1) is 0 Å². The molecule has 0 aromatic rings. The molecule has 2 aliphatic carbocycles. The Morgan fingerprint density at radius 2 is 2.00 bits per heavy atom. The first kappa shape index (κ1) is 13.3. The van der Waals surface area contributed by atoms with Gasteiger partial charge in [0.25, 0.3) is 10.2 Å². The molecule has 0 aliphatic heterocycles. The van der Waals surface area contributed by atoms with Gasteiger partial charge in [-0.1, -0.05) is 6.92 Å². The van der Waals surface area contributed by atoms with Gasteiger partial charge in [0.15, 0.2) is 0 Å². The van der Waals surface area contributed by atoms with Crippen LogP contribution in [0, 0.1) is 5.92 Å². The predicted octanol–water partition coefficient (Wildman–Crippen LogP) is 0.303. The molecule has 6 heteroatoms. The lowest BCUT2D eigenvalue weighted by atomic mass is 10.4. The third-order valence-corrected chi connectivity index (χ3v) is 5.08. The highest BCUT2D eigenvalue weighted by Crippen LogP contribution is 2.29. The van der Waals surface area contributed by atoms with Crippen LogP contribution in [-0.2, 0) is 10.2 Å². The fourth-order valence-electron chi connectivity index (χ4n) is 1.78. The Labute approximate surface area is 104 Å². The maximum Gasteiger partial charge on any atom is 0.279 e. The van der Waals surface area contributed by atoms with E-state index >= 15 is 0 Å². The summed E-state index contributed by atoms with van der Waals surface area (Å²) in [5.74, 6) is 0.495. The van der Waals surface area contributed by atoms with Gasteiger partial charge < -0.3 is 5.32 Å². The van der Waals surface area contributed by atoms with E-state index in [1.165, 1.54) is 17.1 Å². The molecule has 0 saturated heterocycles. The lowest BCUT2D eigenvalue weighted by molar-refractivity contribution is 0.443. The number of nitrogens with zero attached hydrogens (tertiary/aromatic N) is 1. The average molecular weight is 261 g/mol. The van der Waals surface area contributed by atoms with Crippen molar-refractivity contribution in [1.82, 2.24) is 14.3 Å². The highest BCUT2D eigenvalue weighted by atomic mass is 32.2. The van der Waals surface area contributed by atoms with Gasteiger partial charge in [0.2, 0.25) is 0 Å². The topological polar surface area (TPSA) is 61.4 Å². The first-order chi connectivity index (χ1) is 7.99. The zero-order chi connectivity index (χ0) is 12.5. The van der Waals surface area contributed by atoms with Crippen LogP contribution in [-0.4, -0.2) is 44.9 Å². The van der Waals surface area contributed by atoms with Crippen molar-refractivity contribution >= 4 is 10.2 Å². The minimum Gasteiger partial charge on any atom is -0.314 e. The molecule has 5 nitrogen and oxygen atoms in total. The fraction of sp³-hybridized carbons (Fsp3) is 1.00. The minimum absolute atomic E-state index is 0.159. The smallest absolute Gasteiger partial charge is 0.279 e. The van der Waals surface area contributed by atoms with Gasteiger partial charge in [-0.2, -0.15) is 17.4 Å². The first-order valence-corrected chi connectivity index (χ1v) is 7.90. The van der Waals surface area contributed by atoms with Gasteiger partial charge >= 0.3 is 0 Å². The Balaban J connectivity index is 1.64. The van der Waals surface area contributed by atoms with Gasteiger partial charge in [0, 0.05) is 25.7 Å². The van der Waals surface area contributed by atoms with Crippen LogP contribution in [0.25, 0.3) is 0 Å². The van der Waals surface area contributed by atoms with Crippen LogP contribution in [0.3, 0.4) is 0 Å². The molecular formula is C11H23N3O2S. The van der Waals surface area contributed by atoms with Crippen LogP contribution in [0.5, 0.6) is 0 Å². The first-order valence-electron chi connectivity index (χ1n) is 6.46. The summed E-state index contributed by atoms with van der Waals surface area (Å²) in [5, 5.41) is 3.38. The van der Waals surface area contributed by atoms with Crippen molar-refractivity contribution in [3.8, 4) is 0 Å². The van der Waals surface area contributed by atoms with Crippen LogP contribution in [0.2, 0.25) is 0 Å². The van der Waals surface area contributed by atoms with Crippen molar-refractivity contribution in [2.24, 2.45) is 5.92 Å². The van der Waals surface area contributed by atoms with Crippen LogP contribution in [0.4, 0.5) is 0 Å². The summed E-state index contributed by atoms with van der Waals surface area (Å²) in [6.07, 6.45) is 4.38. The second-order valence-corrected chi connectivity index (χ2v) is 7.16. The molecular weight excluding hydrogens is 238 g/mol. The zero-order valence-electron chi connectivity index (χ0n) is 10.6. The van der Waals surface area contributed by atoms with Gasteiger partial charge in [-0.05, 0) is 38.1 Å². The summed E-state index contributed by atoms with van der Waals surface area (Å²) < 4.78 is 27.9. The molecule has 2 atom stereocenters. The van der Waals surface area contributed by atoms with Crippen molar-refractivity contribution in [1.29, 1.82) is 0 Å². The maximum atomic E-state index is 11.9. The quantitative estimate of drug-likeness (QED) is 0.618. The second kappa shape index (κ2) is 5.22. The molecule has 100 valence electrons. The van der Waals surface area contributed by atoms with E-state index in [4.69, 9.17) is 0 Å². The fourth-order valence-corrected chi connectivity index (χ4v) is 3.04. The highest BCUT2D eigenvalue weighted by molar-refractivity contribution is 7.87. The molecule has 2 saturated carbocycles. The van der Waals surface area contributed by atoms with Crippen molar-refractivity contribution in [3.63, 3.8) is 0 Å². The average Bonchev–Trinajstić information content (AvgIpc) is 3.13. The molecule has 2 aliphatic rings. The minimum atomic E-state index is -3.26. The molecule has 2 fully saturated rings. The van der Waals surface area contributed by atoms with Crippen LogP contribution in [0.1, 0.15) is 32.6 Å². The molecule has 0 heterocycles. The lowest BCUT2D eigenvalue weighted by Crippen LogP contribution is -2.40. The van der Waals surface area contributed by atoms with Crippen molar-refractivity contribution < 1.29 is 8.42 Å². The zero-order valence-corrected chi connectivity index (χ0v) is 11.5. The Kier molecular flexibility index (Phi) is 4.07. The van der Waals surface area contributed by atoms with E-state index in [9.17, 15) is 8.42 Å². The molecule has 0 aromatic heterocycles. The maximum absolute atomic E-state index is 11.9. The van der Waals surface area contributed by atoms with Gasteiger partial charge in [-0.3, -0.25) is 0 Å². The van der Waals surface area contributed by atoms with E-state index < -0.39 is 10.2 Å².